The zero-order valence-electron chi connectivity index (χ0n) is 16.8. The molecule has 3 rings (SSSR count). The van der Waals surface area contributed by atoms with Crippen LogP contribution < -0.4 is 11.1 Å². The predicted octanol–water partition coefficient (Wildman–Crippen LogP) is 3.71. The lowest BCUT2D eigenvalue weighted by Gasteiger charge is -2.31. The Hall–Kier alpha value is -1.31. The van der Waals surface area contributed by atoms with Crippen molar-refractivity contribution in [1.29, 1.82) is 0 Å². The Morgan fingerprint density at radius 3 is 2.32 bits per heavy atom. The summed E-state index contributed by atoms with van der Waals surface area (Å²) in [7, 11) is 0. The second-order valence-electron chi connectivity index (χ2n) is 8.05. The molecule has 28 heavy (non-hydrogen) atoms. The average molecular weight is 498 g/mol. The van der Waals surface area contributed by atoms with E-state index in [-0.39, 0.29) is 36.4 Å². The van der Waals surface area contributed by atoms with Gasteiger partial charge in [0, 0.05) is 19.1 Å². The highest BCUT2D eigenvalue weighted by Gasteiger charge is 2.22. The fourth-order valence-corrected chi connectivity index (χ4v) is 4.27. The number of nitrogens with one attached hydrogen (secondary N) is 1. The highest BCUT2D eigenvalue weighted by Crippen LogP contribution is 2.21. The highest BCUT2D eigenvalue weighted by atomic mass is 127. The molecule has 6 heteroatoms. The molecule has 0 unspecified atom stereocenters. The van der Waals surface area contributed by atoms with Gasteiger partial charge in [0.1, 0.15) is 6.54 Å². The van der Waals surface area contributed by atoms with E-state index in [9.17, 15) is 4.79 Å². The van der Waals surface area contributed by atoms with Crippen LogP contribution in [0.3, 0.4) is 0 Å². The van der Waals surface area contributed by atoms with Gasteiger partial charge in [0.25, 0.3) is 0 Å². The molecule has 1 saturated carbocycles. The Bertz CT molecular complexity index is 606. The van der Waals surface area contributed by atoms with Crippen LogP contribution in [0.15, 0.2) is 35.3 Å². The van der Waals surface area contributed by atoms with Crippen molar-refractivity contribution in [1.82, 2.24) is 10.2 Å². The number of guanidine groups is 1. The normalized spacial score (nSPS) is 19.6. The molecule has 0 spiro atoms. The Morgan fingerprint density at radius 2 is 1.68 bits per heavy atom. The number of carbonyl (C=O) groups is 1. The van der Waals surface area contributed by atoms with Crippen LogP contribution in [0.1, 0.15) is 56.9 Å². The van der Waals surface area contributed by atoms with E-state index in [0.29, 0.717) is 17.9 Å². The van der Waals surface area contributed by atoms with E-state index >= 15 is 0 Å². The minimum atomic E-state index is 0. The van der Waals surface area contributed by atoms with E-state index in [0.717, 1.165) is 45.2 Å². The van der Waals surface area contributed by atoms with E-state index in [1.165, 1.54) is 31.2 Å². The Morgan fingerprint density at radius 1 is 1.04 bits per heavy atom. The summed E-state index contributed by atoms with van der Waals surface area (Å²) in [6, 6.07) is 11.0. The lowest BCUT2D eigenvalue weighted by Crippen LogP contribution is -2.42. The van der Waals surface area contributed by atoms with E-state index in [1.807, 2.05) is 4.90 Å². The maximum Gasteiger partial charge on any atom is 0.244 e. The van der Waals surface area contributed by atoms with E-state index in [1.54, 1.807) is 0 Å². The van der Waals surface area contributed by atoms with Crippen LogP contribution in [-0.4, -0.2) is 42.4 Å². The Balaban J connectivity index is 0.00000280. The first-order chi connectivity index (χ1) is 13.2. The van der Waals surface area contributed by atoms with Gasteiger partial charge >= 0.3 is 0 Å². The number of hydrogen-bond donors (Lipinski definition) is 2. The molecule has 1 saturated heterocycles. The number of piperidine rings is 1. The second kappa shape index (κ2) is 12.3. The smallest absolute Gasteiger partial charge is 0.244 e. The lowest BCUT2D eigenvalue weighted by atomic mass is 9.90. The fourth-order valence-electron chi connectivity index (χ4n) is 4.27. The summed E-state index contributed by atoms with van der Waals surface area (Å²) in [6.45, 7) is 1.83. The van der Waals surface area contributed by atoms with Gasteiger partial charge in [-0.05, 0) is 43.6 Å². The van der Waals surface area contributed by atoms with Gasteiger partial charge in [-0.15, -0.1) is 24.0 Å². The molecular weight excluding hydrogens is 463 g/mol. The maximum absolute atomic E-state index is 12.5. The topological polar surface area (TPSA) is 70.7 Å². The number of halogens is 1. The minimum absolute atomic E-state index is 0. The predicted molar refractivity (Wildman–Crippen MR) is 126 cm³/mol. The number of carbonyl (C=O) groups excluding carboxylic acids is 1. The molecule has 1 aromatic carbocycles. The van der Waals surface area contributed by atoms with Crippen molar-refractivity contribution in [3.8, 4) is 0 Å². The van der Waals surface area contributed by atoms with Crippen LogP contribution in [0.25, 0.3) is 0 Å². The minimum Gasteiger partial charge on any atom is -0.370 e. The summed E-state index contributed by atoms with van der Waals surface area (Å²) in [5.74, 6) is 1.19. The lowest BCUT2D eigenvalue weighted by molar-refractivity contribution is -0.130. The number of amides is 1. The van der Waals surface area contributed by atoms with Crippen LogP contribution in [0.2, 0.25) is 0 Å². The van der Waals surface area contributed by atoms with Crippen molar-refractivity contribution in [3.63, 3.8) is 0 Å². The molecule has 0 radical (unpaired) electrons. The van der Waals surface area contributed by atoms with Gasteiger partial charge < -0.3 is 16.0 Å². The Kier molecular flexibility index (Phi) is 10.1. The number of nitrogens with two attached hydrogens (primary N) is 1. The summed E-state index contributed by atoms with van der Waals surface area (Å²) in [6.07, 6.45) is 10.7. The number of rotatable bonds is 5. The summed E-state index contributed by atoms with van der Waals surface area (Å²) >= 11 is 0. The monoisotopic (exact) mass is 498 g/mol. The van der Waals surface area contributed by atoms with Crippen molar-refractivity contribution >= 4 is 35.8 Å². The fraction of sp³-hybridized carbons (Fsp3) is 0.636. The zero-order valence-corrected chi connectivity index (χ0v) is 19.1. The average Bonchev–Trinajstić information content (AvgIpc) is 2.96. The first-order valence-corrected chi connectivity index (χ1v) is 10.6. The summed E-state index contributed by atoms with van der Waals surface area (Å²) in [5, 5.41) is 3.31. The van der Waals surface area contributed by atoms with Crippen LogP contribution in [0.4, 0.5) is 0 Å². The number of nitrogens with zero attached hydrogens (tertiary/aromatic N) is 2. The summed E-state index contributed by atoms with van der Waals surface area (Å²) in [4.78, 5) is 18.7. The second-order valence-corrected chi connectivity index (χ2v) is 8.05. The van der Waals surface area contributed by atoms with Crippen molar-refractivity contribution in [2.75, 3.05) is 19.6 Å². The molecule has 156 valence electrons. The third kappa shape index (κ3) is 7.60. The standard InChI is InChI=1S/C22H34N4O.HI/c23-22(25-20-10-6-1-2-7-11-20)24-17-21(27)26-14-12-19(13-15-26)16-18-8-4-3-5-9-18;/h3-5,8-9,19-20H,1-2,6-7,10-17H2,(H3,23,24,25);1H. The molecule has 1 heterocycles. The molecule has 3 N–H and O–H groups in total. The van der Waals surface area contributed by atoms with Crippen LogP contribution in [-0.2, 0) is 11.2 Å². The van der Waals surface area contributed by atoms with Gasteiger partial charge in [0.05, 0.1) is 0 Å². The molecule has 0 aromatic heterocycles. The van der Waals surface area contributed by atoms with Gasteiger partial charge in [0.15, 0.2) is 5.96 Å². The molecule has 1 aliphatic carbocycles. The molecule has 0 atom stereocenters. The molecule has 1 aromatic rings. The third-order valence-electron chi connectivity index (χ3n) is 5.93. The van der Waals surface area contributed by atoms with Crippen molar-refractivity contribution in [2.24, 2.45) is 16.6 Å². The largest absolute Gasteiger partial charge is 0.370 e. The highest BCUT2D eigenvalue weighted by molar-refractivity contribution is 14.0. The number of aliphatic imine (C=N–C) groups is 1. The molecule has 1 aliphatic heterocycles. The molecule has 2 aliphatic rings. The molecule has 5 nitrogen and oxygen atoms in total. The SMILES string of the molecule is I.NC(=NCC(=O)N1CCC(Cc2ccccc2)CC1)NC1CCCCCC1. The van der Waals surface area contributed by atoms with Crippen LogP contribution >= 0.6 is 24.0 Å². The number of hydrogen-bond acceptors (Lipinski definition) is 2. The van der Waals surface area contributed by atoms with Crippen LogP contribution in [0.5, 0.6) is 0 Å². The van der Waals surface area contributed by atoms with Crippen molar-refractivity contribution in [3.05, 3.63) is 35.9 Å². The third-order valence-corrected chi connectivity index (χ3v) is 5.93. The molecular formula is C22H35IN4O. The van der Waals surface area contributed by atoms with E-state index in [4.69, 9.17) is 5.73 Å². The van der Waals surface area contributed by atoms with Crippen molar-refractivity contribution < 1.29 is 4.79 Å². The van der Waals surface area contributed by atoms with E-state index in [2.05, 4.69) is 40.6 Å². The quantitative estimate of drug-likeness (QED) is 0.282. The van der Waals surface area contributed by atoms with Gasteiger partial charge in [0.2, 0.25) is 5.91 Å². The van der Waals surface area contributed by atoms with E-state index < -0.39 is 0 Å². The molecule has 2 fully saturated rings. The van der Waals surface area contributed by atoms with Gasteiger partial charge in [-0.3, -0.25) is 4.79 Å². The first-order valence-electron chi connectivity index (χ1n) is 10.6. The summed E-state index contributed by atoms with van der Waals surface area (Å²) < 4.78 is 0. The first kappa shape index (κ1) is 23.0. The van der Waals surface area contributed by atoms with Gasteiger partial charge in [-0.1, -0.05) is 56.0 Å². The zero-order chi connectivity index (χ0) is 18.9. The van der Waals surface area contributed by atoms with Crippen LogP contribution in [0, 0.1) is 5.92 Å². The van der Waals surface area contributed by atoms with Gasteiger partial charge in [-0.25, -0.2) is 4.99 Å². The summed E-state index contributed by atoms with van der Waals surface area (Å²) in [5.41, 5.74) is 7.40. The van der Waals surface area contributed by atoms with Gasteiger partial charge in [-0.2, -0.15) is 0 Å². The molecule has 1 amide bonds. The van der Waals surface area contributed by atoms with Crippen molar-refractivity contribution in [2.45, 2.75) is 63.8 Å². The maximum atomic E-state index is 12.5. The molecule has 0 bridgehead atoms. The Labute approximate surface area is 186 Å². The number of benzene rings is 1. The number of likely N-dealkylation sites (tertiary alicyclic amines) is 1.